The maximum Gasteiger partial charge on any atom is 0.258 e. The van der Waals surface area contributed by atoms with Crippen molar-refractivity contribution in [1.82, 2.24) is 15.0 Å². The first kappa shape index (κ1) is 54.5. The van der Waals surface area contributed by atoms with Crippen molar-refractivity contribution in [2.75, 3.05) is 14.7 Å². The maximum atomic E-state index is 7.22. The first-order chi connectivity index (χ1) is 43.6. The van der Waals surface area contributed by atoms with Gasteiger partial charge in [0.05, 0.1) is 17.3 Å². The van der Waals surface area contributed by atoms with Gasteiger partial charge in [-0.1, -0.05) is 200 Å². The molecule has 0 N–H and O–H groups in total. The molecule has 1 atom stereocenters. The fourth-order valence-corrected chi connectivity index (χ4v) is 16.1. The zero-order chi connectivity index (χ0) is 61.0. The highest BCUT2D eigenvalue weighted by Crippen LogP contribution is 2.52. The van der Waals surface area contributed by atoms with Gasteiger partial charge in [0.1, 0.15) is 17.3 Å². The molecule has 0 bridgehead atoms. The van der Waals surface area contributed by atoms with E-state index < -0.39 is 0 Å². The van der Waals surface area contributed by atoms with Crippen LogP contribution in [-0.4, -0.2) is 28.4 Å². The van der Waals surface area contributed by atoms with Crippen LogP contribution in [0.5, 0.6) is 23.3 Å². The Labute approximate surface area is 529 Å². The highest BCUT2D eigenvalue weighted by molar-refractivity contribution is 7.01. The molecule has 90 heavy (non-hydrogen) atoms. The van der Waals surface area contributed by atoms with Crippen LogP contribution in [0.1, 0.15) is 126 Å². The molecule has 2 aliphatic carbocycles. The monoisotopic (exact) mass is 1170 g/mol. The maximum absolute atomic E-state index is 7.22. The number of anilines is 9. The zero-order valence-corrected chi connectivity index (χ0v) is 52.4. The summed E-state index contributed by atoms with van der Waals surface area (Å²) in [5.41, 5.74) is 22.6. The van der Waals surface area contributed by atoms with E-state index in [9.17, 15) is 0 Å². The summed E-state index contributed by atoms with van der Waals surface area (Å²) < 4.78 is 14.4. The van der Waals surface area contributed by atoms with Crippen molar-refractivity contribution in [3.8, 4) is 23.3 Å². The number of hydrogen-bond donors (Lipinski definition) is 0. The fourth-order valence-electron chi connectivity index (χ4n) is 16.1. The molecule has 2 aromatic heterocycles. The second kappa shape index (κ2) is 19.9. The minimum absolute atomic E-state index is 0.0106. The highest BCUT2D eigenvalue weighted by atomic mass is 16.5. The summed E-state index contributed by atoms with van der Waals surface area (Å²) in [6.45, 7) is 18.7. The van der Waals surface area contributed by atoms with E-state index >= 15 is 0 Å². The summed E-state index contributed by atoms with van der Waals surface area (Å²) >= 11 is 0. The van der Waals surface area contributed by atoms with Crippen molar-refractivity contribution in [2.45, 2.75) is 109 Å². The van der Waals surface area contributed by atoms with Gasteiger partial charge in [-0.05, 0) is 176 Å². The minimum atomic E-state index is -0.329. The van der Waals surface area contributed by atoms with E-state index in [2.05, 4.69) is 295 Å². The fraction of sp³-hybridized carbons (Fsp3) is 0.212. The van der Waals surface area contributed by atoms with Gasteiger partial charge < -0.3 is 14.4 Å². The molecule has 0 spiro atoms. The van der Waals surface area contributed by atoms with Gasteiger partial charge in [-0.3, -0.25) is 9.80 Å². The van der Waals surface area contributed by atoms with Crippen LogP contribution in [0, 0.1) is 0 Å². The molecule has 0 fully saturated rings. The lowest BCUT2D eigenvalue weighted by Crippen LogP contribution is -2.64. The van der Waals surface area contributed by atoms with Gasteiger partial charge in [0.15, 0.2) is 0 Å². The first-order valence-corrected chi connectivity index (χ1v) is 32.2. The molecule has 6 aliphatic rings. The van der Waals surface area contributed by atoms with Crippen LogP contribution in [0.25, 0.3) is 0 Å². The predicted molar refractivity (Wildman–Crippen MR) is 371 cm³/mol. The summed E-state index contributed by atoms with van der Waals surface area (Å²) in [5, 5.41) is 0. The van der Waals surface area contributed by atoms with Crippen molar-refractivity contribution in [2.24, 2.45) is 0 Å². The number of fused-ring (bicyclic) bond motifs is 10. The second-order valence-electron chi connectivity index (χ2n) is 28.4. The lowest BCUT2D eigenvalue weighted by Gasteiger charge is -2.43. The molecule has 438 valence electrons. The van der Waals surface area contributed by atoms with E-state index in [0.717, 1.165) is 116 Å². The number of rotatable bonds is 8. The number of ether oxygens (including phenoxy) is 2. The van der Waals surface area contributed by atoms with E-state index in [1.54, 1.807) is 0 Å². The van der Waals surface area contributed by atoms with E-state index in [4.69, 9.17) is 24.4 Å². The molecule has 10 heteroatoms. The molecular formula is C80H70B2N6O2. The molecule has 0 amide bonds. The molecule has 6 heterocycles. The van der Waals surface area contributed by atoms with Crippen molar-refractivity contribution in [3.63, 3.8) is 0 Å². The Morgan fingerprint density at radius 3 is 1.46 bits per heavy atom. The Morgan fingerprint density at radius 2 is 0.878 bits per heavy atom. The van der Waals surface area contributed by atoms with E-state index in [-0.39, 0.29) is 41.0 Å². The Hall–Kier alpha value is -9.66. The van der Waals surface area contributed by atoms with Crippen LogP contribution in [0.4, 0.5) is 51.6 Å². The SMILES string of the molecule is CC1(C)CCC(C)(C)c2cc(N(c3ccccc3)c3cc4c5c(n3)Oc3ccccc3B5c3cc5c(cc3N4c3ccccc3)C(c3ccccc3)c3nc(N(c4ccccc4)c4ccc6c(c4)C(C)(C)CCC6(C)C)nc4c3B5c3ccccc3O4)ccc21. The van der Waals surface area contributed by atoms with Gasteiger partial charge in [-0.25, -0.2) is 4.98 Å². The average molecular weight is 1170 g/mol. The summed E-state index contributed by atoms with van der Waals surface area (Å²) in [6, 6.07) is 81.9. The summed E-state index contributed by atoms with van der Waals surface area (Å²) in [5.74, 6) is 3.75. The number of para-hydroxylation sites is 5. The third-order valence-electron chi connectivity index (χ3n) is 21.1. The van der Waals surface area contributed by atoms with Crippen molar-refractivity contribution >= 4 is 97.8 Å². The lowest BCUT2D eigenvalue weighted by atomic mass is 9.30. The topological polar surface area (TPSA) is 66.9 Å². The van der Waals surface area contributed by atoms with Crippen LogP contribution < -0.4 is 57.0 Å². The Kier molecular flexibility index (Phi) is 12.1. The van der Waals surface area contributed by atoms with Crippen molar-refractivity contribution in [1.29, 1.82) is 0 Å². The largest absolute Gasteiger partial charge is 0.440 e. The third kappa shape index (κ3) is 8.39. The minimum Gasteiger partial charge on any atom is -0.440 e. The smallest absolute Gasteiger partial charge is 0.258 e. The number of benzene rings is 9. The third-order valence-corrected chi connectivity index (χ3v) is 21.1. The Morgan fingerprint density at radius 1 is 0.400 bits per heavy atom. The van der Waals surface area contributed by atoms with E-state index in [1.165, 1.54) is 38.7 Å². The molecule has 0 saturated carbocycles. The van der Waals surface area contributed by atoms with Crippen LogP contribution in [0.15, 0.2) is 224 Å². The van der Waals surface area contributed by atoms with Gasteiger partial charge in [-0.2, -0.15) is 9.97 Å². The van der Waals surface area contributed by atoms with Crippen LogP contribution >= 0.6 is 0 Å². The zero-order valence-electron chi connectivity index (χ0n) is 52.4. The number of aromatic nitrogens is 3. The number of pyridine rings is 1. The number of nitrogens with zero attached hydrogens (tertiary/aromatic N) is 6. The first-order valence-electron chi connectivity index (χ1n) is 32.2. The normalized spacial score (nSPS) is 17.5. The van der Waals surface area contributed by atoms with Crippen LogP contribution in [0.2, 0.25) is 0 Å². The summed E-state index contributed by atoms with van der Waals surface area (Å²) in [4.78, 5) is 24.4. The Bertz CT molecular complexity index is 4430. The standard InChI is InChI=1S/C80H70B2N6O2/c1-77(2)41-43-79(5,6)59-45-54(37-39-57(59)77)86(51-27-15-10-16-28-51)69-49-66-71-74(83-69)89-68-36-24-22-34-62(68)82(71)64-48-63-56(47-65(64)88(66)53-31-19-12-20-32-53)70(50-25-13-9-14-26-50)73-72-75(90-67-35-23-21-33-61(67)81(63)72)85-76(84-73)87(52-29-17-11-18-30-52)55-38-40-58-60(46-55)80(7,8)44-42-78(58,3)4/h9-40,45-49,70H,41-44H2,1-8H3. The summed E-state index contributed by atoms with van der Waals surface area (Å²) in [7, 11) is 0. The average Bonchev–Trinajstić information content (AvgIpc) is 0.696. The van der Waals surface area contributed by atoms with Crippen LogP contribution in [0.3, 0.4) is 0 Å². The van der Waals surface area contributed by atoms with Gasteiger partial charge in [0, 0.05) is 51.1 Å². The second-order valence-corrected chi connectivity index (χ2v) is 28.4. The van der Waals surface area contributed by atoms with Crippen LogP contribution in [-0.2, 0) is 21.7 Å². The number of hydrogen-bond acceptors (Lipinski definition) is 8. The molecule has 8 nitrogen and oxygen atoms in total. The molecule has 1 unspecified atom stereocenters. The molecular weight excluding hydrogens is 1100 g/mol. The van der Waals surface area contributed by atoms with E-state index in [0.29, 0.717) is 17.7 Å². The van der Waals surface area contributed by atoms with Gasteiger partial charge >= 0.3 is 0 Å². The Balaban J connectivity index is 0.925. The molecule has 11 aromatic rings. The van der Waals surface area contributed by atoms with Crippen molar-refractivity contribution < 1.29 is 9.47 Å². The molecule has 4 aliphatic heterocycles. The van der Waals surface area contributed by atoms with Gasteiger partial charge in [-0.15, -0.1) is 0 Å². The molecule has 17 rings (SSSR count). The van der Waals surface area contributed by atoms with Gasteiger partial charge in [0.25, 0.3) is 13.4 Å². The lowest BCUT2D eigenvalue weighted by molar-refractivity contribution is 0.332. The molecule has 9 aromatic carbocycles. The highest BCUT2D eigenvalue weighted by Gasteiger charge is 2.50. The van der Waals surface area contributed by atoms with Gasteiger partial charge in [0.2, 0.25) is 17.7 Å². The molecule has 0 radical (unpaired) electrons. The predicted octanol–water partition coefficient (Wildman–Crippen LogP) is 16.0. The van der Waals surface area contributed by atoms with E-state index in [1.807, 2.05) is 0 Å². The van der Waals surface area contributed by atoms with Crippen molar-refractivity contribution in [3.05, 3.63) is 264 Å². The summed E-state index contributed by atoms with van der Waals surface area (Å²) in [6.07, 6.45) is 4.48. The quantitative estimate of drug-likeness (QED) is 0.139. The molecule has 0 saturated heterocycles.